The molecule has 2 aromatic carbocycles. The van der Waals surface area contributed by atoms with Gasteiger partial charge in [0.25, 0.3) is 0 Å². The third-order valence-electron chi connectivity index (χ3n) is 5.41. The molecule has 0 aliphatic rings. The maximum absolute atomic E-state index is 13.7. The fourth-order valence-electron chi connectivity index (χ4n) is 3.76. The van der Waals surface area contributed by atoms with Crippen molar-refractivity contribution in [3.8, 4) is 5.75 Å². The second-order valence-electron chi connectivity index (χ2n) is 8.66. The molecule has 2 rings (SSSR count). The zero-order valence-electron chi connectivity index (χ0n) is 21.0. The van der Waals surface area contributed by atoms with Crippen LogP contribution >= 0.6 is 11.6 Å². The van der Waals surface area contributed by atoms with Crippen LogP contribution < -0.4 is 14.4 Å². The number of nitrogens with one attached hydrogen (secondary N) is 1. The van der Waals surface area contributed by atoms with E-state index in [1.807, 2.05) is 26.8 Å². The van der Waals surface area contributed by atoms with Gasteiger partial charge in [-0.25, -0.2) is 8.42 Å². The zero-order chi connectivity index (χ0) is 26.3. The van der Waals surface area contributed by atoms with Gasteiger partial charge >= 0.3 is 0 Å². The molecule has 0 heterocycles. The van der Waals surface area contributed by atoms with Crippen LogP contribution in [0.5, 0.6) is 5.75 Å². The molecule has 0 aromatic heterocycles. The van der Waals surface area contributed by atoms with Gasteiger partial charge in [0.05, 0.1) is 19.1 Å². The molecule has 10 heteroatoms. The van der Waals surface area contributed by atoms with Crippen LogP contribution in [0.25, 0.3) is 0 Å². The van der Waals surface area contributed by atoms with Crippen molar-refractivity contribution in [1.82, 2.24) is 10.2 Å². The van der Waals surface area contributed by atoms with Crippen molar-refractivity contribution in [3.63, 3.8) is 0 Å². The predicted octanol–water partition coefficient (Wildman–Crippen LogP) is 3.76. The summed E-state index contributed by atoms with van der Waals surface area (Å²) < 4.78 is 31.8. The number of aryl methyl sites for hydroxylation is 1. The van der Waals surface area contributed by atoms with Gasteiger partial charge in [0.1, 0.15) is 18.3 Å². The highest BCUT2D eigenvalue weighted by molar-refractivity contribution is 7.92. The van der Waals surface area contributed by atoms with Crippen LogP contribution in [0.3, 0.4) is 0 Å². The SMILES string of the molecule is CCC(C(=O)NC(C)C)N(Cc1cccc(OC)c1)C(=O)CN(c1ccc(Cl)cc1C)S(C)(=O)=O. The van der Waals surface area contributed by atoms with Crippen LogP contribution in [0.2, 0.25) is 5.02 Å². The number of ether oxygens (including phenoxy) is 1. The number of benzene rings is 2. The van der Waals surface area contributed by atoms with E-state index in [0.29, 0.717) is 28.4 Å². The minimum absolute atomic E-state index is 0.108. The largest absolute Gasteiger partial charge is 0.497 e. The molecule has 0 saturated carbocycles. The molecular weight excluding hydrogens is 490 g/mol. The Bertz CT molecular complexity index is 1150. The summed E-state index contributed by atoms with van der Waals surface area (Å²) in [5, 5.41) is 3.32. The number of nitrogens with zero attached hydrogens (tertiary/aromatic N) is 2. The van der Waals surface area contributed by atoms with E-state index < -0.39 is 28.5 Å². The van der Waals surface area contributed by atoms with Crippen molar-refractivity contribution >= 4 is 39.1 Å². The van der Waals surface area contributed by atoms with Crippen molar-refractivity contribution in [3.05, 3.63) is 58.6 Å². The monoisotopic (exact) mass is 523 g/mol. The number of halogens is 1. The molecule has 1 atom stereocenters. The van der Waals surface area contributed by atoms with E-state index in [4.69, 9.17) is 16.3 Å². The number of carbonyl (C=O) groups is 2. The molecular formula is C25H34ClN3O5S. The minimum atomic E-state index is -3.81. The summed E-state index contributed by atoms with van der Waals surface area (Å²) >= 11 is 6.05. The van der Waals surface area contributed by atoms with E-state index in [1.54, 1.807) is 50.4 Å². The molecule has 2 aromatic rings. The molecule has 8 nitrogen and oxygen atoms in total. The van der Waals surface area contributed by atoms with E-state index in [-0.39, 0.29) is 18.5 Å². The number of hydrogen-bond acceptors (Lipinski definition) is 5. The first kappa shape index (κ1) is 28.5. The maximum atomic E-state index is 13.7. The number of rotatable bonds is 11. The standard InChI is InChI=1S/C25H34ClN3O5S/c1-7-22(25(31)27-17(2)3)28(15-19-9-8-10-21(14-19)34-5)24(30)16-29(35(6,32)33)23-12-11-20(26)13-18(23)4/h8-14,17,22H,7,15-16H2,1-6H3,(H,27,31). The predicted molar refractivity (Wildman–Crippen MR) is 139 cm³/mol. The Hall–Kier alpha value is -2.78. The van der Waals surface area contributed by atoms with Gasteiger partial charge in [-0.3, -0.25) is 13.9 Å². The summed E-state index contributed by atoms with van der Waals surface area (Å²) in [7, 11) is -2.27. The third kappa shape index (κ3) is 7.86. The Morgan fingerprint density at radius 3 is 2.37 bits per heavy atom. The number of anilines is 1. The number of sulfonamides is 1. The highest BCUT2D eigenvalue weighted by Crippen LogP contribution is 2.26. The second kappa shape index (κ2) is 12.3. The minimum Gasteiger partial charge on any atom is -0.497 e. The second-order valence-corrected chi connectivity index (χ2v) is 11.0. The average molecular weight is 524 g/mol. The number of hydrogen-bond donors (Lipinski definition) is 1. The number of carbonyl (C=O) groups excluding carboxylic acids is 2. The lowest BCUT2D eigenvalue weighted by Gasteiger charge is -2.33. The molecule has 2 amide bonds. The first-order valence-electron chi connectivity index (χ1n) is 11.3. The van der Waals surface area contributed by atoms with Crippen molar-refractivity contribution in [2.45, 2.75) is 52.7 Å². The van der Waals surface area contributed by atoms with E-state index in [9.17, 15) is 18.0 Å². The number of methoxy groups -OCH3 is 1. The van der Waals surface area contributed by atoms with Crippen molar-refractivity contribution in [1.29, 1.82) is 0 Å². The van der Waals surface area contributed by atoms with Crippen molar-refractivity contribution in [2.24, 2.45) is 0 Å². The normalized spacial score (nSPS) is 12.2. The molecule has 192 valence electrons. The van der Waals surface area contributed by atoms with Gasteiger partial charge in [0.15, 0.2) is 0 Å². The van der Waals surface area contributed by atoms with Crippen molar-refractivity contribution in [2.75, 3.05) is 24.2 Å². The van der Waals surface area contributed by atoms with Crippen molar-refractivity contribution < 1.29 is 22.7 Å². The van der Waals surface area contributed by atoms with Crippen LogP contribution in [-0.2, 0) is 26.2 Å². The van der Waals surface area contributed by atoms with Gasteiger partial charge < -0.3 is 15.0 Å². The van der Waals surface area contributed by atoms with Gasteiger partial charge in [-0.2, -0.15) is 0 Å². The molecule has 0 bridgehead atoms. The third-order valence-corrected chi connectivity index (χ3v) is 6.77. The fourth-order valence-corrected chi connectivity index (χ4v) is 4.89. The van der Waals surface area contributed by atoms with Crippen LogP contribution in [0, 0.1) is 6.92 Å². The lowest BCUT2D eigenvalue weighted by Crippen LogP contribution is -2.53. The topological polar surface area (TPSA) is 96.0 Å². The Morgan fingerprint density at radius 2 is 1.83 bits per heavy atom. The number of amides is 2. The van der Waals surface area contributed by atoms with Crippen LogP contribution in [0.4, 0.5) is 5.69 Å². The van der Waals surface area contributed by atoms with Gasteiger partial charge in [-0.1, -0.05) is 30.7 Å². The summed E-state index contributed by atoms with van der Waals surface area (Å²) in [6, 6.07) is 11.1. The summed E-state index contributed by atoms with van der Waals surface area (Å²) in [5.74, 6) is -0.185. The molecule has 0 aliphatic heterocycles. The molecule has 1 N–H and O–H groups in total. The first-order chi connectivity index (χ1) is 16.4. The average Bonchev–Trinajstić information content (AvgIpc) is 2.76. The van der Waals surface area contributed by atoms with Gasteiger partial charge in [-0.15, -0.1) is 0 Å². The lowest BCUT2D eigenvalue weighted by atomic mass is 10.1. The Morgan fingerprint density at radius 1 is 1.14 bits per heavy atom. The molecule has 0 spiro atoms. The molecule has 0 saturated heterocycles. The highest BCUT2D eigenvalue weighted by Gasteiger charge is 2.32. The fraction of sp³-hybridized carbons (Fsp3) is 0.440. The summed E-state index contributed by atoms with van der Waals surface area (Å²) in [5.41, 5.74) is 1.72. The molecule has 0 radical (unpaired) electrons. The van der Waals surface area contributed by atoms with E-state index in [2.05, 4.69) is 5.32 Å². The molecule has 1 unspecified atom stereocenters. The molecule has 0 fully saturated rings. The van der Waals surface area contributed by atoms with E-state index in [0.717, 1.165) is 16.1 Å². The van der Waals surface area contributed by atoms with Gasteiger partial charge in [0.2, 0.25) is 21.8 Å². The van der Waals surface area contributed by atoms with Crippen LogP contribution in [-0.4, -0.2) is 57.1 Å². The van der Waals surface area contributed by atoms with E-state index in [1.165, 1.54) is 4.90 Å². The lowest BCUT2D eigenvalue weighted by molar-refractivity contribution is -0.140. The Labute approximate surface area is 213 Å². The zero-order valence-corrected chi connectivity index (χ0v) is 22.6. The maximum Gasteiger partial charge on any atom is 0.244 e. The molecule has 0 aliphatic carbocycles. The molecule has 35 heavy (non-hydrogen) atoms. The summed E-state index contributed by atoms with van der Waals surface area (Å²) in [4.78, 5) is 28.1. The highest BCUT2D eigenvalue weighted by atomic mass is 35.5. The first-order valence-corrected chi connectivity index (χ1v) is 13.6. The van der Waals surface area contributed by atoms with Crippen LogP contribution in [0.1, 0.15) is 38.3 Å². The van der Waals surface area contributed by atoms with Gasteiger partial charge in [0, 0.05) is 17.6 Å². The van der Waals surface area contributed by atoms with Crippen LogP contribution in [0.15, 0.2) is 42.5 Å². The Balaban J connectivity index is 2.49. The Kier molecular flexibility index (Phi) is 9.97. The van der Waals surface area contributed by atoms with Gasteiger partial charge in [-0.05, 0) is 68.7 Å². The quantitative estimate of drug-likeness (QED) is 0.484. The smallest absolute Gasteiger partial charge is 0.244 e. The summed E-state index contributed by atoms with van der Waals surface area (Å²) in [6.07, 6.45) is 1.40. The van der Waals surface area contributed by atoms with E-state index >= 15 is 0 Å². The summed E-state index contributed by atoms with van der Waals surface area (Å²) in [6.45, 7) is 6.87.